The van der Waals surface area contributed by atoms with Gasteiger partial charge in [0.05, 0.1) is 7.11 Å². The summed E-state index contributed by atoms with van der Waals surface area (Å²) in [4.78, 5) is 22.8. The van der Waals surface area contributed by atoms with Crippen LogP contribution in [0.2, 0.25) is 0 Å². The molecule has 2 aromatic rings. The number of aryl methyl sites for hydroxylation is 1. The minimum absolute atomic E-state index is 0.0818. The van der Waals surface area contributed by atoms with E-state index in [4.69, 9.17) is 14.6 Å². The van der Waals surface area contributed by atoms with Gasteiger partial charge in [-0.05, 0) is 55.3 Å². The molecule has 1 unspecified atom stereocenters. The van der Waals surface area contributed by atoms with Gasteiger partial charge < -0.3 is 19.9 Å². The van der Waals surface area contributed by atoms with Gasteiger partial charge in [0.25, 0.3) is 5.91 Å². The molecule has 0 fully saturated rings. The van der Waals surface area contributed by atoms with Gasteiger partial charge in [0.15, 0.2) is 6.10 Å². The number of rotatable bonds is 8. The highest BCUT2D eigenvalue weighted by Crippen LogP contribution is 2.19. The molecular formula is C19H21NO5. The fourth-order valence-corrected chi connectivity index (χ4v) is 2.16. The Kier molecular flexibility index (Phi) is 6.39. The molecule has 2 aromatic carbocycles. The molecule has 132 valence electrons. The fourth-order valence-electron chi connectivity index (χ4n) is 2.16. The third kappa shape index (κ3) is 5.84. The van der Waals surface area contributed by atoms with Crippen molar-refractivity contribution in [3.8, 4) is 11.5 Å². The van der Waals surface area contributed by atoms with Crippen LogP contribution >= 0.6 is 0 Å². The molecule has 6 heteroatoms. The lowest BCUT2D eigenvalue weighted by atomic mass is 10.1. The first-order valence-electron chi connectivity index (χ1n) is 7.90. The van der Waals surface area contributed by atoms with Crippen molar-refractivity contribution in [1.29, 1.82) is 0 Å². The van der Waals surface area contributed by atoms with E-state index in [2.05, 4.69) is 5.32 Å². The second kappa shape index (κ2) is 8.73. The molecule has 2 rings (SSSR count). The van der Waals surface area contributed by atoms with Crippen molar-refractivity contribution in [2.75, 3.05) is 12.4 Å². The second-order valence-corrected chi connectivity index (χ2v) is 5.52. The van der Waals surface area contributed by atoms with Gasteiger partial charge in [-0.15, -0.1) is 0 Å². The van der Waals surface area contributed by atoms with Crippen LogP contribution in [0.3, 0.4) is 0 Å². The number of hydrogen-bond acceptors (Lipinski definition) is 4. The van der Waals surface area contributed by atoms with E-state index in [-0.39, 0.29) is 12.3 Å². The highest BCUT2D eigenvalue weighted by molar-refractivity contribution is 5.94. The number of carboxylic acid groups (broad SMARTS) is 1. The van der Waals surface area contributed by atoms with Crippen molar-refractivity contribution in [3.05, 3.63) is 54.1 Å². The molecular weight excluding hydrogens is 322 g/mol. The molecule has 0 saturated carbocycles. The summed E-state index contributed by atoms with van der Waals surface area (Å²) >= 11 is 0. The van der Waals surface area contributed by atoms with E-state index < -0.39 is 12.1 Å². The zero-order chi connectivity index (χ0) is 18.2. The average Bonchev–Trinajstić information content (AvgIpc) is 2.61. The number of nitrogens with one attached hydrogen (secondary N) is 1. The number of carboxylic acids is 1. The van der Waals surface area contributed by atoms with Gasteiger partial charge in [-0.2, -0.15) is 0 Å². The number of anilines is 1. The lowest BCUT2D eigenvalue weighted by molar-refractivity contribution is -0.137. The van der Waals surface area contributed by atoms with E-state index in [1.807, 2.05) is 0 Å². The van der Waals surface area contributed by atoms with Crippen molar-refractivity contribution in [2.45, 2.75) is 25.9 Å². The fraction of sp³-hybridized carbons (Fsp3) is 0.263. The van der Waals surface area contributed by atoms with Crippen LogP contribution in [0.4, 0.5) is 5.69 Å². The molecule has 0 aliphatic carbocycles. The maximum absolute atomic E-state index is 12.2. The number of methoxy groups -OCH3 is 1. The Morgan fingerprint density at radius 2 is 1.64 bits per heavy atom. The lowest BCUT2D eigenvalue weighted by Gasteiger charge is -2.15. The first-order valence-corrected chi connectivity index (χ1v) is 7.90. The SMILES string of the molecule is COc1ccc(OC(C)C(=O)Nc2ccc(CCC(=O)O)cc2)cc1. The van der Waals surface area contributed by atoms with Gasteiger partial charge in [0.1, 0.15) is 11.5 Å². The van der Waals surface area contributed by atoms with Gasteiger partial charge in [-0.25, -0.2) is 0 Å². The smallest absolute Gasteiger partial charge is 0.303 e. The number of amides is 1. The number of carbonyl (C=O) groups excluding carboxylic acids is 1. The Hall–Kier alpha value is -3.02. The minimum Gasteiger partial charge on any atom is -0.497 e. The molecule has 0 aromatic heterocycles. The van der Waals surface area contributed by atoms with Crippen molar-refractivity contribution in [2.24, 2.45) is 0 Å². The number of aliphatic carboxylic acids is 1. The number of hydrogen-bond donors (Lipinski definition) is 2. The standard InChI is InChI=1S/C19H21NO5/c1-13(25-17-10-8-16(24-2)9-11-17)19(23)20-15-6-3-14(4-7-15)5-12-18(21)22/h3-4,6-11,13H,5,12H2,1-2H3,(H,20,23)(H,21,22). The zero-order valence-corrected chi connectivity index (χ0v) is 14.2. The summed E-state index contributed by atoms with van der Waals surface area (Å²) < 4.78 is 10.7. The van der Waals surface area contributed by atoms with E-state index >= 15 is 0 Å². The number of benzene rings is 2. The molecule has 6 nitrogen and oxygen atoms in total. The third-order valence-electron chi connectivity index (χ3n) is 3.59. The normalized spacial score (nSPS) is 11.4. The molecule has 0 saturated heterocycles. The van der Waals surface area contributed by atoms with Crippen LogP contribution in [0.5, 0.6) is 11.5 Å². The molecule has 1 atom stereocenters. The maximum Gasteiger partial charge on any atom is 0.303 e. The largest absolute Gasteiger partial charge is 0.497 e. The topological polar surface area (TPSA) is 84.9 Å². The second-order valence-electron chi connectivity index (χ2n) is 5.52. The van der Waals surface area contributed by atoms with Gasteiger partial charge in [-0.1, -0.05) is 12.1 Å². The van der Waals surface area contributed by atoms with E-state index in [0.29, 0.717) is 23.6 Å². The van der Waals surface area contributed by atoms with Crippen molar-refractivity contribution >= 4 is 17.6 Å². The van der Waals surface area contributed by atoms with Crippen LogP contribution in [0, 0.1) is 0 Å². The Morgan fingerprint density at radius 3 is 2.20 bits per heavy atom. The summed E-state index contributed by atoms with van der Waals surface area (Å²) in [5.74, 6) is 0.191. The van der Waals surface area contributed by atoms with Crippen molar-refractivity contribution in [3.63, 3.8) is 0 Å². The van der Waals surface area contributed by atoms with E-state index in [1.165, 1.54) is 0 Å². The molecule has 0 aliphatic rings. The summed E-state index contributed by atoms with van der Waals surface area (Å²) in [5.41, 5.74) is 1.54. The molecule has 0 spiro atoms. The summed E-state index contributed by atoms with van der Waals surface area (Å²) in [6.07, 6.45) is -0.126. The molecule has 0 radical (unpaired) electrons. The van der Waals surface area contributed by atoms with Crippen molar-refractivity contribution < 1.29 is 24.2 Å². The predicted molar refractivity (Wildman–Crippen MR) is 94.1 cm³/mol. The highest BCUT2D eigenvalue weighted by Gasteiger charge is 2.15. The number of ether oxygens (including phenoxy) is 2. The first kappa shape index (κ1) is 18.3. The Bertz CT molecular complexity index is 710. The molecule has 0 aliphatic heterocycles. The minimum atomic E-state index is -0.832. The monoisotopic (exact) mass is 343 g/mol. The number of carbonyl (C=O) groups is 2. The zero-order valence-electron chi connectivity index (χ0n) is 14.2. The van der Waals surface area contributed by atoms with Crippen LogP contribution in [0.25, 0.3) is 0 Å². The summed E-state index contributed by atoms with van der Waals surface area (Å²) in [6, 6.07) is 14.1. The van der Waals surface area contributed by atoms with Crippen LogP contribution in [-0.2, 0) is 16.0 Å². The van der Waals surface area contributed by atoms with Crippen LogP contribution in [0.1, 0.15) is 18.9 Å². The lowest BCUT2D eigenvalue weighted by Crippen LogP contribution is -2.30. The molecule has 0 heterocycles. The Labute approximate surface area is 146 Å². The molecule has 1 amide bonds. The third-order valence-corrected chi connectivity index (χ3v) is 3.59. The summed E-state index contributed by atoms with van der Waals surface area (Å²) in [7, 11) is 1.58. The highest BCUT2D eigenvalue weighted by atomic mass is 16.5. The van der Waals surface area contributed by atoms with Crippen LogP contribution in [-0.4, -0.2) is 30.2 Å². The van der Waals surface area contributed by atoms with Crippen LogP contribution < -0.4 is 14.8 Å². The summed E-state index contributed by atoms with van der Waals surface area (Å²) in [6.45, 7) is 1.67. The van der Waals surface area contributed by atoms with Crippen LogP contribution in [0.15, 0.2) is 48.5 Å². The average molecular weight is 343 g/mol. The van der Waals surface area contributed by atoms with E-state index in [9.17, 15) is 9.59 Å². The maximum atomic E-state index is 12.2. The van der Waals surface area contributed by atoms with Gasteiger partial charge in [-0.3, -0.25) is 9.59 Å². The van der Waals surface area contributed by atoms with Gasteiger partial charge in [0.2, 0.25) is 0 Å². The summed E-state index contributed by atoms with van der Waals surface area (Å²) in [5, 5.41) is 11.5. The molecule has 0 bridgehead atoms. The van der Waals surface area contributed by atoms with Crippen molar-refractivity contribution in [1.82, 2.24) is 0 Å². The predicted octanol–water partition coefficient (Wildman–Crippen LogP) is 3.12. The molecule has 2 N–H and O–H groups in total. The quantitative estimate of drug-likeness (QED) is 0.769. The molecule has 25 heavy (non-hydrogen) atoms. The van der Waals surface area contributed by atoms with E-state index in [0.717, 1.165) is 5.56 Å². The Morgan fingerprint density at radius 1 is 1.04 bits per heavy atom. The first-order chi connectivity index (χ1) is 12.0. The van der Waals surface area contributed by atoms with E-state index in [1.54, 1.807) is 62.6 Å². The van der Waals surface area contributed by atoms with Gasteiger partial charge in [0, 0.05) is 12.1 Å². The van der Waals surface area contributed by atoms with Gasteiger partial charge >= 0.3 is 5.97 Å². The Balaban J connectivity index is 1.88.